The predicted molar refractivity (Wildman–Crippen MR) is 131 cm³/mol. The lowest BCUT2D eigenvalue weighted by atomic mass is 10.1. The number of hydrogen-bond acceptors (Lipinski definition) is 5. The van der Waals surface area contributed by atoms with Gasteiger partial charge in [-0.15, -0.1) is 24.8 Å². The van der Waals surface area contributed by atoms with Crippen LogP contribution in [0, 0.1) is 5.92 Å². The first-order valence-electron chi connectivity index (χ1n) is 9.58. The van der Waals surface area contributed by atoms with Gasteiger partial charge < -0.3 is 11.1 Å². The minimum atomic E-state index is -3.78. The molecule has 1 unspecified atom stereocenters. The Labute approximate surface area is 194 Å². The van der Waals surface area contributed by atoms with Gasteiger partial charge in [0.15, 0.2) is 5.03 Å². The number of aromatic amines is 1. The van der Waals surface area contributed by atoms with Gasteiger partial charge in [0.1, 0.15) is 0 Å². The fourth-order valence-electron chi connectivity index (χ4n) is 3.31. The zero-order valence-electron chi connectivity index (χ0n) is 17.2. The number of H-pyrrole nitrogens is 1. The first-order valence-corrected chi connectivity index (χ1v) is 11.1. The van der Waals surface area contributed by atoms with Crippen molar-refractivity contribution < 1.29 is 8.42 Å². The smallest absolute Gasteiger partial charge is 0.224 e. The topological polar surface area (TPSA) is 101 Å². The Morgan fingerprint density at radius 2 is 1.71 bits per heavy atom. The molecule has 0 fully saturated rings. The van der Waals surface area contributed by atoms with Crippen molar-refractivity contribution in [3.8, 4) is 0 Å². The SMILES string of the molecule is CC(C)C(N)CNc1ccc2n[nH]c(S(=O)(=O)c3cccc4ccccc34)c2c1.Cl.Cl. The van der Waals surface area contributed by atoms with Gasteiger partial charge in [0.2, 0.25) is 9.84 Å². The summed E-state index contributed by atoms with van der Waals surface area (Å²) in [5, 5.41) is 12.5. The number of halogens is 2. The number of nitrogens with two attached hydrogens (primary N) is 1. The number of sulfone groups is 1. The molecular formula is C22H26Cl2N4O2S. The number of rotatable bonds is 6. The van der Waals surface area contributed by atoms with Crippen molar-refractivity contribution in [3.63, 3.8) is 0 Å². The van der Waals surface area contributed by atoms with Crippen LogP contribution in [-0.4, -0.2) is 31.2 Å². The van der Waals surface area contributed by atoms with Crippen LogP contribution in [0.5, 0.6) is 0 Å². The lowest BCUT2D eigenvalue weighted by Crippen LogP contribution is -2.33. The summed E-state index contributed by atoms with van der Waals surface area (Å²) in [5.41, 5.74) is 7.52. The molecule has 0 aliphatic heterocycles. The van der Waals surface area contributed by atoms with Crippen LogP contribution in [0.25, 0.3) is 21.7 Å². The molecule has 4 aromatic rings. The van der Waals surface area contributed by atoms with E-state index in [1.807, 2.05) is 42.5 Å². The minimum absolute atomic E-state index is 0. The highest BCUT2D eigenvalue weighted by Crippen LogP contribution is 2.32. The second kappa shape index (κ2) is 9.87. The zero-order chi connectivity index (χ0) is 20.6. The molecule has 1 aromatic heterocycles. The van der Waals surface area contributed by atoms with Crippen molar-refractivity contribution in [2.45, 2.75) is 29.8 Å². The van der Waals surface area contributed by atoms with E-state index in [0.29, 0.717) is 28.8 Å². The largest absolute Gasteiger partial charge is 0.383 e. The summed E-state index contributed by atoms with van der Waals surface area (Å²) < 4.78 is 27.0. The van der Waals surface area contributed by atoms with Gasteiger partial charge in [0.25, 0.3) is 0 Å². The van der Waals surface area contributed by atoms with Crippen LogP contribution in [-0.2, 0) is 9.84 Å². The predicted octanol–water partition coefficient (Wildman–Crippen LogP) is 4.79. The molecule has 0 aliphatic rings. The van der Waals surface area contributed by atoms with Crippen molar-refractivity contribution in [1.29, 1.82) is 0 Å². The van der Waals surface area contributed by atoms with Crippen LogP contribution in [0.2, 0.25) is 0 Å². The summed E-state index contributed by atoms with van der Waals surface area (Å²) in [4.78, 5) is 0.265. The van der Waals surface area contributed by atoms with E-state index >= 15 is 0 Å². The monoisotopic (exact) mass is 480 g/mol. The fourth-order valence-corrected chi connectivity index (χ4v) is 4.88. The summed E-state index contributed by atoms with van der Waals surface area (Å²) >= 11 is 0. The molecule has 0 radical (unpaired) electrons. The molecule has 166 valence electrons. The van der Waals surface area contributed by atoms with E-state index in [-0.39, 0.29) is 40.8 Å². The summed E-state index contributed by atoms with van der Waals surface area (Å²) in [5.74, 6) is 0.349. The maximum Gasteiger partial charge on any atom is 0.224 e. The molecule has 4 N–H and O–H groups in total. The Morgan fingerprint density at radius 3 is 2.45 bits per heavy atom. The molecule has 31 heavy (non-hydrogen) atoms. The molecule has 0 spiro atoms. The van der Waals surface area contributed by atoms with Gasteiger partial charge in [-0.25, -0.2) is 8.42 Å². The van der Waals surface area contributed by atoms with E-state index < -0.39 is 9.84 Å². The maximum atomic E-state index is 13.5. The third-order valence-corrected chi connectivity index (χ3v) is 7.01. The van der Waals surface area contributed by atoms with Crippen molar-refractivity contribution in [2.24, 2.45) is 11.7 Å². The van der Waals surface area contributed by atoms with Crippen molar-refractivity contribution in [3.05, 3.63) is 60.7 Å². The van der Waals surface area contributed by atoms with Crippen LogP contribution >= 0.6 is 24.8 Å². The second-order valence-corrected chi connectivity index (χ2v) is 9.41. The zero-order valence-corrected chi connectivity index (χ0v) is 19.7. The molecule has 9 heteroatoms. The highest BCUT2D eigenvalue weighted by atomic mass is 35.5. The van der Waals surface area contributed by atoms with Gasteiger partial charge in [-0.05, 0) is 35.6 Å². The third kappa shape index (κ3) is 4.80. The fraction of sp³-hybridized carbons (Fsp3) is 0.227. The lowest BCUT2D eigenvalue weighted by Gasteiger charge is -2.17. The average Bonchev–Trinajstić information content (AvgIpc) is 3.15. The molecule has 6 nitrogen and oxygen atoms in total. The second-order valence-electron chi connectivity index (χ2n) is 7.55. The van der Waals surface area contributed by atoms with E-state index in [2.05, 4.69) is 29.4 Å². The quantitative estimate of drug-likeness (QED) is 0.368. The highest BCUT2D eigenvalue weighted by Gasteiger charge is 2.25. The van der Waals surface area contributed by atoms with Gasteiger partial charge in [-0.2, -0.15) is 5.10 Å². The highest BCUT2D eigenvalue weighted by molar-refractivity contribution is 7.91. The Morgan fingerprint density at radius 1 is 1.00 bits per heavy atom. The molecular weight excluding hydrogens is 455 g/mol. The number of fused-ring (bicyclic) bond motifs is 2. The summed E-state index contributed by atoms with van der Waals surface area (Å²) in [6.45, 7) is 4.74. The first kappa shape index (κ1) is 24.9. The summed E-state index contributed by atoms with van der Waals surface area (Å²) in [7, 11) is -3.78. The van der Waals surface area contributed by atoms with Crippen LogP contribution in [0.3, 0.4) is 0 Å². The molecule has 4 rings (SSSR count). The maximum absolute atomic E-state index is 13.5. The number of anilines is 1. The molecule has 0 saturated heterocycles. The number of hydrogen-bond donors (Lipinski definition) is 3. The van der Waals surface area contributed by atoms with Crippen LogP contribution in [0.15, 0.2) is 70.6 Å². The molecule has 3 aromatic carbocycles. The number of aromatic nitrogens is 2. The Bertz CT molecular complexity index is 1280. The van der Waals surface area contributed by atoms with Crippen molar-refractivity contribution >= 4 is 62.0 Å². The van der Waals surface area contributed by atoms with E-state index in [1.54, 1.807) is 18.2 Å². The molecule has 0 aliphatic carbocycles. The lowest BCUT2D eigenvalue weighted by molar-refractivity contribution is 0.511. The third-order valence-electron chi connectivity index (χ3n) is 5.23. The normalized spacial score (nSPS) is 12.4. The Hall–Kier alpha value is -2.32. The van der Waals surface area contributed by atoms with Crippen LogP contribution in [0.4, 0.5) is 5.69 Å². The Kier molecular flexibility index (Phi) is 7.94. The van der Waals surface area contributed by atoms with Crippen molar-refractivity contribution in [2.75, 3.05) is 11.9 Å². The summed E-state index contributed by atoms with van der Waals surface area (Å²) in [6, 6.07) is 18.2. The number of nitrogens with one attached hydrogen (secondary N) is 2. The van der Waals surface area contributed by atoms with E-state index in [9.17, 15) is 8.42 Å². The molecule has 0 bridgehead atoms. The van der Waals surface area contributed by atoms with Crippen molar-refractivity contribution in [1.82, 2.24) is 10.2 Å². The molecule has 1 heterocycles. The number of benzene rings is 3. The van der Waals surface area contributed by atoms with Gasteiger partial charge in [0, 0.05) is 29.0 Å². The van der Waals surface area contributed by atoms with E-state index in [0.717, 1.165) is 11.1 Å². The summed E-state index contributed by atoms with van der Waals surface area (Å²) in [6.07, 6.45) is 0. The molecule has 0 saturated carbocycles. The number of nitrogens with zero attached hydrogens (tertiary/aromatic N) is 1. The molecule has 0 amide bonds. The average molecular weight is 481 g/mol. The van der Waals surface area contributed by atoms with Gasteiger partial charge in [-0.3, -0.25) is 5.10 Å². The van der Waals surface area contributed by atoms with Gasteiger partial charge in [-0.1, -0.05) is 50.2 Å². The standard InChI is InChI=1S/C22H24N4O2S.2ClH/c1-14(2)19(23)13-24-16-10-11-20-18(12-16)22(26-25-20)29(27,28)21-9-5-7-15-6-3-4-8-17(15)21;;/h3-12,14,19,24H,13,23H2,1-2H3,(H,25,26);2*1H. The van der Waals surface area contributed by atoms with Gasteiger partial charge >= 0.3 is 0 Å². The minimum Gasteiger partial charge on any atom is -0.383 e. The van der Waals surface area contributed by atoms with E-state index in [4.69, 9.17) is 5.73 Å². The van der Waals surface area contributed by atoms with Gasteiger partial charge in [0.05, 0.1) is 10.4 Å². The first-order chi connectivity index (χ1) is 13.9. The van der Waals surface area contributed by atoms with E-state index in [1.165, 1.54) is 0 Å². The van der Waals surface area contributed by atoms with Crippen LogP contribution < -0.4 is 11.1 Å². The Balaban J connectivity index is 0.00000171. The molecule has 1 atom stereocenters. The van der Waals surface area contributed by atoms with Crippen LogP contribution in [0.1, 0.15) is 13.8 Å².